The van der Waals surface area contributed by atoms with E-state index < -0.39 is 29.3 Å². The summed E-state index contributed by atoms with van der Waals surface area (Å²) >= 11 is 0. The second-order valence-electron chi connectivity index (χ2n) is 10.1. The molecule has 2 nitrogen and oxygen atoms in total. The molecule has 0 bridgehead atoms. The maximum absolute atomic E-state index is 14.7. The van der Waals surface area contributed by atoms with Gasteiger partial charge in [0.2, 0.25) is 0 Å². The molecule has 3 rings (SSSR count). The van der Waals surface area contributed by atoms with Gasteiger partial charge in [0.05, 0.1) is 5.92 Å². The third kappa shape index (κ3) is 6.85. The molecule has 0 spiro atoms. The fourth-order valence-electron chi connectivity index (χ4n) is 5.91. The summed E-state index contributed by atoms with van der Waals surface area (Å²) in [6.45, 7) is 3.79. The van der Waals surface area contributed by atoms with Crippen LogP contribution >= 0.6 is 0 Å². The molecule has 0 aliphatic heterocycles. The minimum Gasteiger partial charge on any atom is -0.423 e. The third-order valence-corrected chi connectivity index (χ3v) is 7.86. The summed E-state index contributed by atoms with van der Waals surface area (Å²) in [6, 6.07) is 2.26. The van der Waals surface area contributed by atoms with Crippen LogP contribution in [0.4, 0.5) is 17.6 Å². The fourth-order valence-corrected chi connectivity index (χ4v) is 5.91. The molecule has 190 valence electrons. The first-order chi connectivity index (χ1) is 16.2. The Labute approximate surface area is 201 Å². The highest BCUT2D eigenvalue weighted by atomic mass is 19.4. The number of carbonyl (C=O) groups excluding carboxylic acids is 1. The first kappa shape index (κ1) is 26.7. The molecule has 2 fully saturated rings. The molecular weight excluding hydrogens is 444 g/mol. The number of esters is 1. The maximum Gasteiger partial charge on any atom is 0.419 e. The normalized spacial score (nSPS) is 26.1. The Kier molecular flexibility index (Phi) is 9.61. The van der Waals surface area contributed by atoms with E-state index >= 15 is 0 Å². The van der Waals surface area contributed by atoms with Gasteiger partial charge in [0.15, 0.2) is 11.6 Å². The molecular formula is C28H38F4O2. The molecule has 6 heteroatoms. The number of hydrogen-bond donors (Lipinski definition) is 0. The van der Waals surface area contributed by atoms with Gasteiger partial charge in [0.1, 0.15) is 5.56 Å². The van der Waals surface area contributed by atoms with Crippen LogP contribution in [0.25, 0.3) is 6.08 Å². The van der Waals surface area contributed by atoms with E-state index in [1.807, 2.05) is 0 Å². The number of benzene rings is 1. The smallest absolute Gasteiger partial charge is 0.419 e. The van der Waals surface area contributed by atoms with Crippen LogP contribution in [0.15, 0.2) is 18.2 Å². The van der Waals surface area contributed by atoms with E-state index in [2.05, 4.69) is 6.92 Å². The largest absolute Gasteiger partial charge is 0.423 e. The standard InChI is InChI=1S/C28H38F4O2/c1-3-5-6-8-19-9-11-20(12-10-19)21-13-15-23(16-14-21)27(33)34-24-18-17-22(7-4-2)25(26(24)29)28(30,31)32/h4,7,17-21,23H,3,5-6,8-16H2,1-2H3. The molecule has 0 atom stereocenters. The molecule has 2 aliphatic rings. The van der Waals surface area contributed by atoms with Crippen LogP contribution in [0.2, 0.25) is 0 Å². The Morgan fingerprint density at radius 2 is 1.62 bits per heavy atom. The molecule has 2 saturated carbocycles. The molecule has 0 radical (unpaired) electrons. The van der Waals surface area contributed by atoms with Crippen molar-refractivity contribution in [2.75, 3.05) is 0 Å². The van der Waals surface area contributed by atoms with Gasteiger partial charge < -0.3 is 4.74 Å². The lowest BCUT2D eigenvalue weighted by Crippen LogP contribution is -2.30. The van der Waals surface area contributed by atoms with Gasteiger partial charge in [-0.3, -0.25) is 4.79 Å². The van der Waals surface area contributed by atoms with Crippen molar-refractivity contribution < 1.29 is 27.1 Å². The lowest BCUT2D eigenvalue weighted by atomic mass is 9.68. The zero-order chi connectivity index (χ0) is 24.7. The molecule has 0 unspecified atom stereocenters. The van der Waals surface area contributed by atoms with Crippen LogP contribution in [0.3, 0.4) is 0 Å². The summed E-state index contributed by atoms with van der Waals surface area (Å²) in [5.41, 5.74) is -1.68. The van der Waals surface area contributed by atoms with Crippen molar-refractivity contribution in [1.29, 1.82) is 0 Å². The number of alkyl halides is 3. The highest BCUT2D eigenvalue weighted by Gasteiger charge is 2.39. The van der Waals surface area contributed by atoms with Crippen LogP contribution in [-0.4, -0.2) is 5.97 Å². The van der Waals surface area contributed by atoms with Crippen LogP contribution < -0.4 is 4.74 Å². The van der Waals surface area contributed by atoms with Gasteiger partial charge in [0.25, 0.3) is 0 Å². The number of ether oxygens (including phenoxy) is 1. The Morgan fingerprint density at radius 3 is 2.18 bits per heavy atom. The zero-order valence-corrected chi connectivity index (χ0v) is 20.4. The maximum atomic E-state index is 14.7. The highest BCUT2D eigenvalue weighted by molar-refractivity contribution is 5.75. The summed E-state index contributed by atoms with van der Waals surface area (Å²) < 4.78 is 60.1. The first-order valence-corrected chi connectivity index (χ1v) is 13.0. The molecule has 0 heterocycles. The molecule has 2 aliphatic carbocycles. The van der Waals surface area contributed by atoms with Gasteiger partial charge >= 0.3 is 12.1 Å². The molecule has 0 saturated heterocycles. The Morgan fingerprint density at radius 1 is 1.00 bits per heavy atom. The van der Waals surface area contributed by atoms with Crippen LogP contribution in [-0.2, 0) is 11.0 Å². The van der Waals surface area contributed by atoms with E-state index in [0.29, 0.717) is 24.7 Å². The number of rotatable bonds is 8. The quantitative estimate of drug-likeness (QED) is 0.160. The van der Waals surface area contributed by atoms with Gasteiger partial charge in [-0.05, 0) is 74.8 Å². The van der Waals surface area contributed by atoms with E-state index in [1.165, 1.54) is 63.5 Å². The van der Waals surface area contributed by atoms with Crippen molar-refractivity contribution in [3.8, 4) is 5.75 Å². The van der Waals surface area contributed by atoms with Gasteiger partial charge in [-0.2, -0.15) is 13.2 Å². The molecule has 0 N–H and O–H groups in total. The average Bonchev–Trinajstić information content (AvgIpc) is 2.81. The van der Waals surface area contributed by atoms with Crippen molar-refractivity contribution in [3.63, 3.8) is 0 Å². The van der Waals surface area contributed by atoms with E-state index in [1.54, 1.807) is 6.92 Å². The van der Waals surface area contributed by atoms with E-state index in [-0.39, 0.29) is 11.5 Å². The van der Waals surface area contributed by atoms with Crippen molar-refractivity contribution in [3.05, 3.63) is 35.2 Å². The lowest BCUT2D eigenvalue weighted by Gasteiger charge is -2.37. The Balaban J connectivity index is 1.53. The Hall–Kier alpha value is -1.85. The first-order valence-electron chi connectivity index (χ1n) is 13.0. The van der Waals surface area contributed by atoms with Crippen molar-refractivity contribution >= 4 is 12.0 Å². The van der Waals surface area contributed by atoms with Gasteiger partial charge in [-0.15, -0.1) is 0 Å². The minimum atomic E-state index is -4.88. The van der Waals surface area contributed by atoms with Crippen LogP contribution in [0, 0.1) is 29.5 Å². The van der Waals surface area contributed by atoms with E-state index in [9.17, 15) is 22.4 Å². The van der Waals surface area contributed by atoms with Crippen LogP contribution in [0.1, 0.15) is 102 Å². The second kappa shape index (κ2) is 12.2. The molecule has 1 aromatic carbocycles. The SMILES string of the molecule is CC=Cc1ccc(OC(=O)C2CCC(C3CCC(CCCCC)CC3)CC2)c(F)c1C(F)(F)F. The highest BCUT2D eigenvalue weighted by Crippen LogP contribution is 2.43. The van der Waals surface area contributed by atoms with E-state index in [4.69, 9.17) is 4.74 Å². The predicted molar refractivity (Wildman–Crippen MR) is 127 cm³/mol. The summed E-state index contributed by atoms with van der Waals surface area (Å²) in [6.07, 6.45) is 11.3. The van der Waals surface area contributed by atoms with Crippen molar-refractivity contribution in [1.82, 2.24) is 0 Å². The van der Waals surface area contributed by atoms with Gasteiger partial charge in [-0.1, -0.05) is 63.7 Å². The van der Waals surface area contributed by atoms with Crippen molar-refractivity contribution in [2.45, 2.75) is 97.1 Å². The second-order valence-corrected chi connectivity index (χ2v) is 10.1. The summed E-state index contributed by atoms with van der Waals surface area (Å²) in [5.74, 6) is -0.992. The topological polar surface area (TPSA) is 26.3 Å². The number of carbonyl (C=O) groups is 1. The van der Waals surface area contributed by atoms with Crippen LogP contribution in [0.5, 0.6) is 5.75 Å². The fraction of sp³-hybridized carbons (Fsp3) is 0.679. The number of hydrogen-bond acceptors (Lipinski definition) is 2. The monoisotopic (exact) mass is 482 g/mol. The van der Waals surface area contributed by atoms with E-state index in [0.717, 1.165) is 30.9 Å². The number of allylic oxidation sites excluding steroid dienone is 1. The average molecular weight is 483 g/mol. The Bertz CT molecular complexity index is 830. The van der Waals surface area contributed by atoms with Gasteiger partial charge in [0, 0.05) is 0 Å². The summed E-state index contributed by atoms with van der Waals surface area (Å²) in [7, 11) is 0. The number of unbranched alkanes of at least 4 members (excludes halogenated alkanes) is 2. The zero-order valence-electron chi connectivity index (χ0n) is 20.4. The summed E-state index contributed by atoms with van der Waals surface area (Å²) in [5, 5.41) is 0. The predicted octanol–water partition coefficient (Wildman–Crippen LogP) is 8.98. The lowest BCUT2D eigenvalue weighted by molar-refractivity contribution is -0.143. The molecule has 1 aromatic rings. The number of halogens is 4. The third-order valence-electron chi connectivity index (χ3n) is 7.86. The minimum absolute atomic E-state index is 0.284. The van der Waals surface area contributed by atoms with Crippen molar-refractivity contribution in [2.24, 2.45) is 23.7 Å². The molecule has 34 heavy (non-hydrogen) atoms. The summed E-state index contributed by atoms with van der Waals surface area (Å²) in [4.78, 5) is 12.7. The molecule has 0 aromatic heterocycles. The molecule has 0 amide bonds. The van der Waals surface area contributed by atoms with Gasteiger partial charge in [-0.25, -0.2) is 4.39 Å².